The highest BCUT2D eigenvalue weighted by Gasteiger charge is 2.08. The van der Waals surface area contributed by atoms with Crippen LogP contribution in [0.25, 0.3) is 10.9 Å². The lowest BCUT2D eigenvalue weighted by atomic mass is 10.0. The van der Waals surface area contributed by atoms with E-state index in [1.807, 2.05) is 30.3 Å². The van der Waals surface area contributed by atoms with E-state index < -0.39 is 0 Å². The largest absolute Gasteiger partial charge is 0.388 e. The number of anilines is 2. The Hall–Kier alpha value is -2.62. The predicted octanol–water partition coefficient (Wildman–Crippen LogP) is 6.64. The van der Waals surface area contributed by atoms with Crippen molar-refractivity contribution >= 4 is 22.6 Å². The lowest BCUT2D eigenvalue weighted by Crippen LogP contribution is -2.06. The minimum Gasteiger partial charge on any atom is -0.388 e. The molecule has 0 fully saturated rings. The SMILES string of the molecule is CCCCCCCCc1ccc2nc(Nc3cccc(CC)c3)oc(=O)c2c1.[HH]. The van der Waals surface area contributed by atoms with Gasteiger partial charge in [0.05, 0.1) is 10.9 Å². The van der Waals surface area contributed by atoms with Crippen LogP contribution in [0.1, 0.15) is 64.9 Å². The van der Waals surface area contributed by atoms with Gasteiger partial charge < -0.3 is 9.73 Å². The van der Waals surface area contributed by atoms with Gasteiger partial charge in [0, 0.05) is 7.11 Å². The van der Waals surface area contributed by atoms with E-state index in [9.17, 15) is 4.79 Å². The molecule has 0 aliphatic heterocycles. The molecule has 1 aromatic heterocycles. The second kappa shape index (κ2) is 10.1. The van der Waals surface area contributed by atoms with Gasteiger partial charge in [0.2, 0.25) is 0 Å². The first kappa shape index (κ1) is 20.1. The number of nitrogens with one attached hydrogen (secondary N) is 1. The molecule has 150 valence electrons. The van der Waals surface area contributed by atoms with Crippen LogP contribution >= 0.6 is 0 Å². The summed E-state index contributed by atoms with van der Waals surface area (Å²) < 4.78 is 5.42. The van der Waals surface area contributed by atoms with Crippen LogP contribution in [0.5, 0.6) is 0 Å². The molecule has 0 amide bonds. The Morgan fingerprint density at radius 3 is 2.61 bits per heavy atom. The fraction of sp³-hybridized carbons (Fsp3) is 0.417. The molecule has 0 aliphatic carbocycles. The molecule has 2 aromatic carbocycles. The summed E-state index contributed by atoms with van der Waals surface area (Å²) in [6, 6.07) is 14.2. The summed E-state index contributed by atoms with van der Waals surface area (Å²) in [6.07, 6.45) is 9.54. The quantitative estimate of drug-likeness (QED) is 0.400. The number of unbranched alkanes of at least 4 members (excludes halogenated alkanes) is 5. The summed E-state index contributed by atoms with van der Waals surface area (Å²) in [5.74, 6) is 0. The van der Waals surface area contributed by atoms with Gasteiger partial charge in [-0.2, -0.15) is 4.98 Å². The van der Waals surface area contributed by atoms with E-state index in [1.54, 1.807) is 0 Å². The number of rotatable bonds is 10. The van der Waals surface area contributed by atoms with Crippen LogP contribution < -0.4 is 10.9 Å². The Labute approximate surface area is 168 Å². The Morgan fingerprint density at radius 1 is 0.964 bits per heavy atom. The van der Waals surface area contributed by atoms with Crippen molar-refractivity contribution in [3.63, 3.8) is 0 Å². The van der Waals surface area contributed by atoms with E-state index in [4.69, 9.17) is 4.42 Å². The molecule has 4 nitrogen and oxygen atoms in total. The van der Waals surface area contributed by atoms with Crippen LogP contribution in [0.3, 0.4) is 0 Å². The number of hydrogen-bond acceptors (Lipinski definition) is 4. The highest BCUT2D eigenvalue weighted by atomic mass is 16.4. The maximum atomic E-state index is 12.5. The topological polar surface area (TPSA) is 55.1 Å². The summed E-state index contributed by atoms with van der Waals surface area (Å²) in [6.45, 7) is 4.34. The summed E-state index contributed by atoms with van der Waals surface area (Å²) in [4.78, 5) is 16.9. The van der Waals surface area contributed by atoms with Crippen molar-refractivity contribution in [2.45, 2.75) is 65.2 Å². The molecule has 0 bridgehead atoms. The van der Waals surface area contributed by atoms with Crippen LogP contribution in [0.4, 0.5) is 11.7 Å². The molecule has 0 saturated heterocycles. The maximum absolute atomic E-state index is 12.5. The summed E-state index contributed by atoms with van der Waals surface area (Å²) in [7, 11) is 0. The minimum absolute atomic E-state index is 0. The molecule has 0 radical (unpaired) electrons. The minimum atomic E-state index is -0.344. The maximum Gasteiger partial charge on any atom is 0.348 e. The fourth-order valence-corrected chi connectivity index (χ4v) is 3.43. The van der Waals surface area contributed by atoms with Gasteiger partial charge in [-0.15, -0.1) is 0 Å². The third kappa shape index (κ3) is 5.44. The summed E-state index contributed by atoms with van der Waals surface area (Å²) in [5.41, 5.74) is 3.58. The lowest BCUT2D eigenvalue weighted by molar-refractivity contribution is 0.522. The van der Waals surface area contributed by atoms with Gasteiger partial charge in [-0.05, 0) is 54.7 Å². The molecule has 3 rings (SSSR count). The number of aromatic nitrogens is 1. The van der Waals surface area contributed by atoms with Crippen molar-refractivity contribution in [2.24, 2.45) is 0 Å². The first-order chi connectivity index (χ1) is 13.7. The average Bonchev–Trinajstić information content (AvgIpc) is 2.71. The van der Waals surface area contributed by atoms with Gasteiger partial charge >= 0.3 is 11.6 Å². The van der Waals surface area contributed by atoms with Gasteiger partial charge in [0.25, 0.3) is 0 Å². The monoisotopic (exact) mass is 380 g/mol. The highest BCUT2D eigenvalue weighted by Crippen LogP contribution is 2.19. The summed E-state index contributed by atoms with van der Waals surface area (Å²) in [5, 5.41) is 3.66. The highest BCUT2D eigenvalue weighted by molar-refractivity contribution is 5.79. The van der Waals surface area contributed by atoms with Gasteiger partial charge in [0.1, 0.15) is 0 Å². The Bertz CT molecular complexity index is 968. The zero-order chi connectivity index (χ0) is 19.8. The third-order valence-electron chi connectivity index (χ3n) is 5.10. The molecule has 4 heteroatoms. The fourth-order valence-electron chi connectivity index (χ4n) is 3.43. The number of fused-ring (bicyclic) bond motifs is 1. The van der Waals surface area contributed by atoms with Crippen molar-refractivity contribution in [3.8, 4) is 0 Å². The molecule has 0 atom stereocenters. The average molecular weight is 381 g/mol. The smallest absolute Gasteiger partial charge is 0.348 e. The second-order valence-corrected chi connectivity index (χ2v) is 7.35. The number of nitrogens with zero attached hydrogens (tertiary/aromatic N) is 1. The molecule has 1 N–H and O–H groups in total. The Kier molecular flexibility index (Phi) is 7.24. The third-order valence-corrected chi connectivity index (χ3v) is 5.10. The van der Waals surface area contributed by atoms with Crippen LogP contribution in [0, 0.1) is 0 Å². The lowest BCUT2D eigenvalue weighted by Gasteiger charge is -2.07. The van der Waals surface area contributed by atoms with Crippen LogP contribution in [0.15, 0.2) is 51.7 Å². The Morgan fingerprint density at radius 2 is 1.79 bits per heavy atom. The first-order valence-electron chi connectivity index (χ1n) is 10.5. The van der Waals surface area contributed by atoms with Crippen molar-refractivity contribution in [1.82, 2.24) is 4.98 Å². The number of hydrogen-bond donors (Lipinski definition) is 1. The van der Waals surface area contributed by atoms with E-state index in [2.05, 4.69) is 36.3 Å². The van der Waals surface area contributed by atoms with E-state index in [1.165, 1.54) is 43.2 Å². The van der Waals surface area contributed by atoms with E-state index >= 15 is 0 Å². The molecule has 0 aliphatic rings. The van der Waals surface area contributed by atoms with E-state index in [-0.39, 0.29) is 13.1 Å². The van der Waals surface area contributed by atoms with E-state index in [0.717, 1.165) is 24.9 Å². The predicted molar refractivity (Wildman–Crippen MR) is 119 cm³/mol. The molecule has 0 saturated carbocycles. The van der Waals surface area contributed by atoms with Crippen molar-refractivity contribution in [3.05, 3.63) is 64.0 Å². The molecule has 3 aromatic rings. The second-order valence-electron chi connectivity index (χ2n) is 7.35. The van der Waals surface area contributed by atoms with Crippen molar-refractivity contribution < 1.29 is 5.84 Å². The van der Waals surface area contributed by atoms with Crippen molar-refractivity contribution in [2.75, 3.05) is 5.32 Å². The molecule has 28 heavy (non-hydrogen) atoms. The normalized spacial score (nSPS) is 11.1. The van der Waals surface area contributed by atoms with E-state index in [0.29, 0.717) is 10.9 Å². The van der Waals surface area contributed by atoms with Gasteiger partial charge in [0.15, 0.2) is 0 Å². The molecular weight excluding hydrogens is 348 g/mol. The Balaban J connectivity index is 0.00000300. The van der Waals surface area contributed by atoms with Gasteiger partial charge in [-0.3, -0.25) is 0 Å². The van der Waals surface area contributed by atoms with Gasteiger partial charge in [-0.25, -0.2) is 4.79 Å². The molecule has 0 spiro atoms. The van der Waals surface area contributed by atoms with Crippen molar-refractivity contribution in [1.29, 1.82) is 0 Å². The molecular formula is C24H32N2O2. The van der Waals surface area contributed by atoms with Crippen LogP contribution in [0.2, 0.25) is 0 Å². The zero-order valence-electron chi connectivity index (χ0n) is 17.0. The number of benzene rings is 2. The molecule has 0 unspecified atom stereocenters. The first-order valence-corrected chi connectivity index (χ1v) is 10.5. The number of aryl methyl sites for hydroxylation is 2. The van der Waals surface area contributed by atoms with Gasteiger partial charge in [-0.1, -0.05) is 64.2 Å². The van der Waals surface area contributed by atoms with Crippen LogP contribution in [-0.4, -0.2) is 4.98 Å². The molecule has 1 heterocycles. The van der Waals surface area contributed by atoms with Crippen LogP contribution in [-0.2, 0) is 12.8 Å². The standard InChI is InChI=1S/C24H30N2O2.H2/c1-3-5-6-7-8-9-11-19-14-15-22-21(17-19)23(27)28-24(26-22)25-20-13-10-12-18(4-2)16-20;/h10,12-17H,3-9,11H2,1-2H3,(H,25,26);1H. The zero-order valence-corrected chi connectivity index (χ0v) is 17.0. The summed E-state index contributed by atoms with van der Waals surface area (Å²) >= 11 is 0.